The molecule has 0 aliphatic heterocycles. The number of nitrogens with two attached hydrogens (primary N) is 1. The third kappa shape index (κ3) is 2.81. The fourth-order valence-corrected chi connectivity index (χ4v) is 1.54. The Labute approximate surface area is 110 Å². The summed E-state index contributed by atoms with van der Waals surface area (Å²) in [5.74, 6) is 1.30. The quantitative estimate of drug-likeness (QED) is 0.831. The Hall–Kier alpha value is -2.01. The van der Waals surface area contributed by atoms with E-state index in [0.717, 1.165) is 11.4 Å². The first kappa shape index (κ1) is 12.4. The molecule has 0 aliphatic carbocycles. The van der Waals surface area contributed by atoms with Gasteiger partial charge in [0.15, 0.2) is 11.0 Å². The lowest BCUT2D eigenvalue weighted by Crippen LogP contribution is -2.01. The molecule has 0 bridgehead atoms. The molecule has 1 aromatic heterocycles. The molecule has 5 nitrogen and oxygen atoms in total. The molecule has 0 saturated heterocycles. The van der Waals surface area contributed by atoms with Crippen molar-refractivity contribution in [2.75, 3.05) is 17.7 Å². The summed E-state index contributed by atoms with van der Waals surface area (Å²) in [4.78, 5) is 7.82. The first-order valence-corrected chi connectivity index (χ1v) is 5.84. The molecular formula is C12H13ClN4O. The second kappa shape index (κ2) is 5.55. The van der Waals surface area contributed by atoms with Crippen molar-refractivity contribution >= 4 is 28.8 Å². The van der Waals surface area contributed by atoms with Crippen LogP contribution in [0.1, 0.15) is 6.92 Å². The molecule has 3 N–H and O–H groups in total. The van der Waals surface area contributed by atoms with Crippen LogP contribution in [0.3, 0.4) is 0 Å². The number of nitrogen functional groups attached to an aromatic ring is 1. The number of anilines is 3. The van der Waals surface area contributed by atoms with E-state index in [-0.39, 0.29) is 5.15 Å². The largest absolute Gasteiger partial charge is 0.494 e. The molecule has 1 aromatic carbocycles. The van der Waals surface area contributed by atoms with Crippen LogP contribution in [0.25, 0.3) is 0 Å². The Kier molecular flexibility index (Phi) is 3.84. The van der Waals surface area contributed by atoms with E-state index in [1.807, 2.05) is 31.2 Å². The minimum absolute atomic E-state index is 0.235. The zero-order chi connectivity index (χ0) is 13.0. The molecule has 0 radical (unpaired) electrons. The van der Waals surface area contributed by atoms with Crippen molar-refractivity contribution in [2.45, 2.75) is 6.92 Å². The lowest BCUT2D eigenvalue weighted by Gasteiger charge is -2.09. The molecule has 18 heavy (non-hydrogen) atoms. The highest BCUT2D eigenvalue weighted by Crippen LogP contribution is 2.26. The second-order valence-electron chi connectivity index (χ2n) is 3.51. The van der Waals surface area contributed by atoms with E-state index in [9.17, 15) is 0 Å². The molecule has 0 atom stereocenters. The number of hydrogen-bond acceptors (Lipinski definition) is 5. The summed E-state index contributed by atoms with van der Waals surface area (Å²) in [7, 11) is 0. The summed E-state index contributed by atoms with van der Waals surface area (Å²) in [5.41, 5.74) is 6.94. The van der Waals surface area contributed by atoms with Crippen molar-refractivity contribution in [2.24, 2.45) is 0 Å². The first-order chi connectivity index (χ1) is 8.70. The van der Waals surface area contributed by atoms with E-state index in [1.54, 1.807) is 0 Å². The Morgan fingerprint density at radius 2 is 2.00 bits per heavy atom. The molecule has 0 amide bonds. The van der Waals surface area contributed by atoms with E-state index < -0.39 is 0 Å². The number of benzene rings is 1. The standard InChI is InChI=1S/C12H13ClN4O/c1-2-18-9-5-3-8(4-6-9)17-12-10(14)11(13)15-7-16-12/h3-7H,2,14H2,1H3,(H,15,16,17). The van der Waals surface area contributed by atoms with Gasteiger partial charge in [-0.25, -0.2) is 9.97 Å². The molecule has 0 fully saturated rings. The molecule has 0 spiro atoms. The summed E-state index contributed by atoms with van der Waals surface area (Å²) in [6, 6.07) is 7.48. The van der Waals surface area contributed by atoms with E-state index >= 15 is 0 Å². The molecule has 0 saturated carbocycles. The van der Waals surface area contributed by atoms with Crippen LogP contribution in [0.4, 0.5) is 17.2 Å². The van der Waals surface area contributed by atoms with E-state index in [1.165, 1.54) is 6.33 Å². The lowest BCUT2D eigenvalue weighted by molar-refractivity contribution is 0.340. The Morgan fingerprint density at radius 1 is 1.28 bits per heavy atom. The van der Waals surface area contributed by atoms with Crippen LogP contribution in [-0.2, 0) is 0 Å². The predicted octanol–water partition coefficient (Wildman–Crippen LogP) is 2.85. The van der Waals surface area contributed by atoms with Crippen molar-refractivity contribution in [1.29, 1.82) is 0 Å². The van der Waals surface area contributed by atoms with Crippen molar-refractivity contribution < 1.29 is 4.74 Å². The van der Waals surface area contributed by atoms with Gasteiger partial charge in [0.2, 0.25) is 0 Å². The normalized spacial score (nSPS) is 10.1. The van der Waals surface area contributed by atoms with Gasteiger partial charge in [-0.2, -0.15) is 0 Å². The van der Waals surface area contributed by atoms with Crippen molar-refractivity contribution in [3.63, 3.8) is 0 Å². The summed E-state index contributed by atoms with van der Waals surface area (Å²) >= 11 is 5.81. The van der Waals surface area contributed by atoms with Crippen molar-refractivity contribution in [3.05, 3.63) is 35.7 Å². The minimum atomic E-state index is 0.235. The second-order valence-corrected chi connectivity index (χ2v) is 3.87. The van der Waals surface area contributed by atoms with Crippen LogP contribution >= 0.6 is 11.6 Å². The molecule has 2 aromatic rings. The van der Waals surface area contributed by atoms with Crippen molar-refractivity contribution in [1.82, 2.24) is 9.97 Å². The smallest absolute Gasteiger partial charge is 0.158 e. The summed E-state index contributed by atoms with van der Waals surface area (Å²) < 4.78 is 5.35. The van der Waals surface area contributed by atoms with E-state index in [2.05, 4.69) is 15.3 Å². The molecule has 0 unspecified atom stereocenters. The topological polar surface area (TPSA) is 73.1 Å². The van der Waals surface area contributed by atoms with Gasteiger partial charge in [0.05, 0.1) is 6.61 Å². The molecule has 94 valence electrons. The lowest BCUT2D eigenvalue weighted by atomic mass is 10.3. The van der Waals surface area contributed by atoms with Gasteiger partial charge in [-0.1, -0.05) is 11.6 Å². The number of nitrogens with one attached hydrogen (secondary N) is 1. The van der Waals surface area contributed by atoms with Crippen LogP contribution in [0.5, 0.6) is 5.75 Å². The van der Waals surface area contributed by atoms with Crippen LogP contribution in [0, 0.1) is 0 Å². The molecular weight excluding hydrogens is 252 g/mol. The third-order valence-electron chi connectivity index (χ3n) is 2.26. The maximum atomic E-state index is 5.81. The Balaban J connectivity index is 2.16. The average molecular weight is 265 g/mol. The van der Waals surface area contributed by atoms with Gasteiger partial charge in [-0.15, -0.1) is 0 Å². The molecule has 6 heteroatoms. The number of hydrogen-bond donors (Lipinski definition) is 2. The van der Waals surface area contributed by atoms with Crippen LogP contribution in [0.15, 0.2) is 30.6 Å². The third-order valence-corrected chi connectivity index (χ3v) is 2.56. The fraction of sp³-hybridized carbons (Fsp3) is 0.167. The molecule has 2 rings (SSSR count). The summed E-state index contributed by atoms with van der Waals surface area (Å²) in [5, 5.41) is 3.30. The van der Waals surface area contributed by atoms with E-state index in [4.69, 9.17) is 22.1 Å². The predicted molar refractivity (Wildman–Crippen MR) is 72.3 cm³/mol. The fourth-order valence-electron chi connectivity index (χ4n) is 1.41. The monoisotopic (exact) mass is 264 g/mol. The van der Waals surface area contributed by atoms with Gasteiger partial charge in [0, 0.05) is 5.69 Å². The van der Waals surface area contributed by atoms with Gasteiger partial charge in [-0.05, 0) is 31.2 Å². The van der Waals surface area contributed by atoms with Crippen LogP contribution < -0.4 is 15.8 Å². The summed E-state index contributed by atoms with van der Waals surface area (Å²) in [6.07, 6.45) is 1.36. The van der Waals surface area contributed by atoms with Gasteiger partial charge in [0.1, 0.15) is 17.8 Å². The zero-order valence-corrected chi connectivity index (χ0v) is 10.6. The number of ether oxygens (including phenoxy) is 1. The Bertz CT molecular complexity index is 530. The summed E-state index contributed by atoms with van der Waals surface area (Å²) in [6.45, 7) is 2.58. The number of halogens is 1. The van der Waals surface area contributed by atoms with Gasteiger partial charge >= 0.3 is 0 Å². The van der Waals surface area contributed by atoms with Crippen LogP contribution in [-0.4, -0.2) is 16.6 Å². The van der Waals surface area contributed by atoms with Crippen LogP contribution in [0.2, 0.25) is 5.15 Å². The minimum Gasteiger partial charge on any atom is -0.494 e. The first-order valence-electron chi connectivity index (χ1n) is 5.46. The maximum absolute atomic E-state index is 5.81. The highest BCUT2D eigenvalue weighted by molar-refractivity contribution is 6.32. The van der Waals surface area contributed by atoms with Gasteiger partial charge < -0.3 is 15.8 Å². The number of aromatic nitrogens is 2. The zero-order valence-electron chi connectivity index (χ0n) is 9.85. The Morgan fingerprint density at radius 3 is 2.67 bits per heavy atom. The van der Waals surface area contributed by atoms with E-state index in [0.29, 0.717) is 18.1 Å². The number of nitrogens with zero attached hydrogens (tertiary/aromatic N) is 2. The number of rotatable bonds is 4. The van der Waals surface area contributed by atoms with Gasteiger partial charge in [-0.3, -0.25) is 0 Å². The SMILES string of the molecule is CCOc1ccc(Nc2ncnc(Cl)c2N)cc1. The van der Waals surface area contributed by atoms with Gasteiger partial charge in [0.25, 0.3) is 0 Å². The average Bonchev–Trinajstić information content (AvgIpc) is 2.38. The highest BCUT2D eigenvalue weighted by Gasteiger charge is 2.05. The molecule has 1 heterocycles. The van der Waals surface area contributed by atoms with Crippen molar-refractivity contribution in [3.8, 4) is 5.75 Å². The maximum Gasteiger partial charge on any atom is 0.158 e. The molecule has 0 aliphatic rings. The highest BCUT2D eigenvalue weighted by atomic mass is 35.5.